The van der Waals surface area contributed by atoms with Crippen molar-refractivity contribution in [3.05, 3.63) is 76.7 Å². The molecule has 0 amide bonds. The summed E-state index contributed by atoms with van der Waals surface area (Å²) in [6.07, 6.45) is 6.93. The van der Waals surface area contributed by atoms with E-state index in [0.717, 1.165) is 26.1 Å². The van der Waals surface area contributed by atoms with Crippen molar-refractivity contribution in [3.63, 3.8) is 0 Å². The molecular formula is C23H22FN5O2. The van der Waals surface area contributed by atoms with E-state index in [1.807, 2.05) is 12.1 Å². The molecule has 0 radical (unpaired) electrons. The lowest BCUT2D eigenvalue weighted by molar-refractivity contribution is 0.0903. The monoisotopic (exact) mass is 419 g/mol. The number of pyridine rings is 1. The zero-order valence-electron chi connectivity index (χ0n) is 16.8. The Balaban J connectivity index is 1.36. The summed E-state index contributed by atoms with van der Waals surface area (Å²) in [5.41, 5.74) is 2.64. The number of nitrogens with zero attached hydrogens (tertiary/aromatic N) is 3. The fourth-order valence-corrected chi connectivity index (χ4v) is 3.88. The maximum atomic E-state index is 14.2. The lowest BCUT2D eigenvalue weighted by Gasteiger charge is -2.23. The molecule has 3 aromatic heterocycles. The molecule has 1 aliphatic rings. The van der Waals surface area contributed by atoms with Gasteiger partial charge in [0.05, 0.1) is 12.2 Å². The smallest absolute Gasteiger partial charge is 0.251 e. The molecule has 1 aliphatic heterocycles. The fourth-order valence-electron chi connectivity index (χ4n) is 3.88. The molecule has 2 N–H and O–H groups in total. The average molecular weight is 419 g/mol. The van der Waals surface area contributed by atoms with Crippen LogP contribution in [0.4, 0.5) is 10.3 Å². The molecule has 4 aromatic rings. The van der Waals surface area contributed by atoms with E-state index in [2.05, 4.69) is 20.3 Å². The van der Waals surface area contributed by atoms with Gasteiger partial charge in [-0.05, 0) is 48.7 Å². The van der Waals surface area contributed by atoms with Crippen LogP contribution in [0, 0.1) is 5.82 Å². The van der Waals surface area contributed by atoms with E-state index in [0.29, 0.717) is 33.7 Å². The Morgan fingerprint density at radius 1 is 1.19 bits per heavy atom. The van der Waals surface area contributed by atoms with Gasteiger partial charge in [-0.25, -0.2) is 14.4 Å². The number of fused-ring (bicyclic) bond motifs is 1. The summed E-state index contributed by atoms with van der Waals surface area (Å²) < 4.78 is 21.2. The van der Waals surface area contributed by atoms with Gasteiger partial charge in [-0.15, -0.1) is 0 Å². The highest BCUT2D eigenvalue weighted by Crippen LogP contribution is 2.20. The molecule has 158 valence electrons. The summed E-state index contributed by atoms with van der Waals surface area (Å²) in [5, 5.41) is 3.89. The van der Waals surface area contributed by atoms with Crippen molar-refractivity contribution in [3.8, 4) is 11.3 Å². The Kier molecular flexibility index (Phi) is 5.21. The molecule has 0 atom stereocenters. The van der Waals surface area contributed by atoms with Crippen molar-refractivity contribution in [2.45, 2.75) is 25.4 Å². The topological polar surface area (TPSA) is 84.8 Å². The number of anilines is 1. The van der Waals surface area contributed by atoms with Gasteiger partial charge in [0.15, 0.2) is 0 Å². The number of hydrogen-bond donors (Lipinski definition) is 2. The number of aromatic nitrogens is 4. The van der Waals surface area contributed by atoms with Gasteiger partial charge in [0, 0.05) is 60.4 Å². The number of rotatable bonds is 5. The van der Waals surface area contributed by atoms with Crippen LogP contribution in [0.15, 0.2) is 59.8 Å². The number of ether oxygens (including phenoxy) is 1. The van der Waals surface area contributed by atoms with Crippen LogP contribution in [-0.4, -0.2) is 38.8 Å². The van der Waals surface area contributed by atoms with Gasteiger partial charge in [-0.3, -0.25) is 4.79 Å². The molecule has 1 fully saturated rings. The molecule has 7 nitrogen and oxygen atoms in total. The van der Waals surface area contributed by atoms with Crippen LogP contribution in [0.1, 0.15) is 18.4 Å². The number of benzene rings is 1. The minimum Gasteiger partial charge on any atom is -0.381 e. The molecular weight excluding hydrogens is 397 g/mol. The van der Waals surface area contributed by atoms with Gasteiger partial charge >= 0.3 is 0 Å². The highest BCUT2D eigenvalue weighted by molar-refractivity contribution is 5.80. The molecule has 5 rings (SSSR count). The Bertz CT molecular complexity index is 1280. The first-order valence-electron chi connectivity index (χ1n) is 10.3. The third kappa shape index (κ3) is 4.20. The Morgan fingerprint density at radius 3 is 2.90 bits per heavy atom. The second-order valence-electron chi connectivity index (χ2n) is 7.69. The maximum absolute atomic E-state index is 14.2. The molecule has 4 heterocycles. The van der Waals surface area contributed by atoms with Gasteiger partial charge in [0.25, 0.3) is 5.56 Å². The number of H-pyrrole nitrogens is 1. The standard InChI is InChI=1S/C23H22FN5O2/c24-19-11-15(12-21-18(19)1-6-25-21)14-29-8-3-16(13-22(29)30)20-2-7-26-23(28-20)27-17-4-9-31-10-5-17/h1-3,6-8,11-13,17,25H,4-5,9-10,14H2,(H,26,27,28). The van der Waals surface area contributed by atoms with Crippen molar-refractivity contribution in [1.29, 1.82) is 0 Å². The van der Waals surface area contributed by atoms with Crippen LogP contribution >= 0.6 is 0 Å². The summed E-state index contributed by atoms with van der Waals surface area (Å²) >= 11 is 0. The number of hydrogen-bond acceptors (Lipinski definition) is 5. The van der Waals surface area contributed by atoms with Crippen LogP contribution < -0.4 is 10.9 Å². The predicted molar refractivity (Wildman–Crippen MR) is 117 cm³/mol. The first-order valence-corrected chi connectivity index (χ1v) is 10.3. The van der Waals surface area contributed by atoms with Crippen LogP contribution in [0.3, 0.4) is 0 Å². The van der Waals surface area contributed by atoms with Crippen molar-refractivity contribution in [2.75, 3.05) is 18.5 Å². The van der Waals surface area contributed by atoms with E-state index >= 15 is 0 Å². The summed E-state index contributed by atoms with van der Waals surface area (Å²) in [6, 6.07) is 10.5. The molecule has 0 bridgehead atoms. The maximum Gasteiger partial charge on any atom is 0.251 e. The lowest BCUT2D eigenvalue weighted by atomic mass is 10.1. The van der Waals surface area contributed by atoms with E-state index in [9.17, 15) is 9.18 Å². The summed E-state index contributed by atoms with van der Waals surface area (Å²) in [4.78, 5) is 24.6. The van der Waals surface area contributed by atoms with Crippen LogP contribution in [0.5, 0.6) is 0 Å². The van der Waals surface area contributed by atoms with E-state index in [1.54, 1.807) is 41.4 Å². The Hall–Kier alpha value is -3.52. The largest absolute Gasteiger partial charge is 0.381 e. The minimum absolute atomic E-state index is 0.179. The number of aromatic amines is 1. The molecule has 1 aromatic carbocycles. The quantitative estimate of drug-likeness (QED) is 0.517. The van der Waals surface area contributed by atoms with Gasteiger partial charge in [-0.2, -0.15) is 0 Å². The molecule has 31 heavy (non-hydrogen) atoms. The van der Waals surface area contributed by atoms with Crippen molar-refractivity contribution >= 4 is 16.9 Å². The highest BCUT2D eigenvalue weighted by Gasteiger charge is 2.15. The molecule has 0 spiro atoms. The van der Waals surface area contributed by atoms with Crippen molar-refractivity contribution in [2.24, 2.45) is 0 Å². The fraction of sp³-hybridized carbons (Fsp3) is 0.261. The number of nitrogens with one attached hydrogen (secondary N) is 2. The molecule has 0 unspecified atom stereocenters. The number of halogens is 1. The normalized spacial score (nSPS) is 14.7. The second kappa shape index (κ2) is 8.31. The van der Waals surface area contributed by atoms with Gasteiger partial charge < -0.3 is 19.6 Å². The SMILES string of the molecule is O=c1cc(-c2ccnc(NC3CCOCC3)n2)ccn1Cc1cc(F)c2cc[nH]c2c1. The first-order chi connectivity index (χ1) is 15.2. The highest BCUT2D eigenvalue weighted by atomic mass is 19.1. The second-order valence-corrected chi connectivity index (χ2v) is 7.69. The summed E-state index contributed by atoms with van der Waals surface area (Å²) in [6.45, 7) is 1.75. The average Bonchev–Trinajstić information content (AvgIpc) is 3.25. The van der Waals surface area contributed by atoms with Crippen LogP contribution in [-0.2, 0) is 11.3 Å². The predicted octanol–water partition coefficient (Wildman–Crippen LogP) is 3.56. The van der Waals surface area contributed by atoms with Gasteiger partial charge in [0.2, 0.25) is 5.95 Å². The van der Waals surface area contributed by atoms with Crippen molar-refractivity contribution < 1.29 is 9.13 Å². The van der Waals surface area contributed by atoms with Crippen LogP contribution in [0.25, 0.3) is 22.2 Å². The zero-order valence-corrected chi connectivity index (χ0v) is 16.8. The molecule has 1 saturated heterocycles. The van der Waals surface area contributed by atoms with Gasteiger partial charge in [-0.1, -0.05) is 0 Å². The van der Waals surface area contributed by atoms with E-state index in [4.69, 9.17) is 4.74 Å². The van der Waals surface area contributed by atoms with Crippen LogP contribution in [0.2, 0.25) is 0 Å². The van der Waals surface area contributed by atoms with E-state index < -0.39 is 0 Å². The van der Waals surface area contributed by atoms with E-state index in [-0.39, 0.29) is 24.0 Å². The summed E-state index contributed by atoms with van der Waals surface area (Å²) in [7, 11) is 0. The van der Waals surface area contributed by atoms with E-state index in [1.165, 1.54) is 6.07 Å². The third-order valence-electron chi connectivity index (χ3n) is 5.53. The molecule has 0 aliphatic carbocycles. The molecule has 8 heteroatoms. The Labute approximate surface area is 177 Å². The Morgan fingerprint density at radius 2 is 2.06 bits per heavy atom. The first kappa shape index (κ1) is 19.4. The van der Waals surface area contributed by atoms with Gasteiger partial charge in [0.1, 0.15) is 5.82 Å². The lowest BCUT2D eigenvalue weighted by Crippen LogP contribution is -2.28. The summed E-state index contributed by atoms with van der Waals surface area (Å²) in [5.74, 6) is 0.243. The minimum atomic E-state index is -0.302. The zero-order chi connectivity index (χ0) is 21.2. The molecule has 0 saturated carbocycles. The third-order valence-corrected chi connectivity index (χ3v) is 5.53. The van der Waals surface area contributed by atoms with Crippen molar-refractivity contribution in [1.82, 2.24) is 19.5 Å².